The molecule has 0 spiro atoms. The first-order valence-electron chi connectivity index (χ1n) is 14.7. The average molecular weight is 603 g/mol. The molecule has 0 aliphatic heterocycles. The molecule has 0 saturated heterocycles. The van der Waals surface area contributed by atoms with Crippen molar-refractivity contribution >= 4 is 35.4 Å². The van der Waals surface area contributed by atoms with E-state index >= 15 is 0 Å². The Bertz CT molecular complexity index is 1220. The van der Waals surface area contributed by atoms with E-state index in [1.165, 1.54) is 11.8 Å². The van der Waals surface area contributed by atoms with Gasteiger partial charge in [-0.15, -0.1) is 11.8 Å². The highest BCUT2D eigenvalue weighted by atomic mass is 32.2. The molecule has 3 aromatic carbocycles. The van der Waals surface area contributed by atoms with Crippen LogP contribution >= 0.6 is 11.8 Å². The van der Waals surface area contributed by atoms with E-state index in [4.69, 9.17) is 0 Å². The van der Waals surface area contributed by atoms with Gasteiger partial charge in [0.05, 0.1) is 23.6 Å². The Balaban J connectivity index is 1.68. The molecule has 0 bridgehead atoms. The molecule has 228 valence electrons. The third kappa shape index (κ3) is 9.71. The Kier molecular flexibility index (Phi) is 13.3. The maximum atomic E-state index is 13.4. The molecule has 0 heterocycles. The van der Waals surface area contributed by atoms with E-state index in [1.54, 1.807) is 0 Å². The van der Waals surface area contributed by atoms with Gasteiger partial charge in [-0.05, 0) is 29.0 Å². The van der Waals surface area contributed by atoms with E-state index < -0.39 is 22.6 Å². The number of carbonyl (C=O) groups is 4. The number of nitrogens with one attached hydrogen (secondary N) is 4. The summed E-state index contributed by atoms with van der Waals surface area (Å²) in [6.45, 7) is 5.79. The number of amides is 4. The van der Waals surface area contributed by atoms with E-state index in [2.05, 4.69) is 57.7 Å². The minimum Gasteiger partial charge on any atom is -0.355 e. The third-order valence-electron chi connectivity index (χ3n) is 6.95. The summed E-state index contributed by atoms with van der Waals surface area (Å²) in [7, 11) is 0. The molecule has 0 aliphatic carbocycles. The maximum Gasteiger partial charge on any atom is 0.243 e. The number of rotatable bonds is 16. The van der Waals surface area contributed by atoms with Gasteiger partial charge in [0.15, 0.2) is 0 Å². The summed E-state index contributed by atoms with van der Waals surface area (Å²) in [4.78, 5) is 50.4. The van der Waals surface area contributed by atoms with Crippen LogP contribution in [0.4, 0.5) is 0 Å². The first-order chi connectivity index (χ1) is 20.8. The number of carbonyl (C=O) groups excluding carboxylic acids is 4. The van der Waals surface area contributed by atoms with Gasteiger partial charge in [0.25, 0.3) is 0 Å². The molecular weight excluding hydrogens is 560 g/mol. The molecule has 4 N–H and O–H groups in total. The van der Waals surface area contributed by atoms with Crippen molar-refractivity contribution < 1.29 is 19.2 Å². The smallest absolute Gasteiger partial charge is 0.243 e. The molecule has 0 aromatic heterocycles. The minimum atomic E-state index is -0.835. The molecule has 0 radical (unpaired) electrons. The van der Waals surface area contributed by atoms with E-state index in [9.17, 15) is 19.2 Å². The lowest BCUT2D eigenvalue weighted by Crippen LogP contribution is -2.52. The lowest BCUT2D eigenvalue weighted by Gasteiger charge is -2.35. The van der Waals surface area contributed by atoms with Crippen LogP contribution in [0.1, 0.15) is 50.3 Å². The summed E-state index contributed by atoms with van der Waals surface area (Å²) in [6.07, 6.45) is 1.82. The number of benzene rings is 3. The molecule has 1 atom stereocenters. The van der Waals surface area contributed by atoms with Crippen molar-refractivity contribution in [2.24, 2.45) is 5.92 Å². The van der Waals surface area contributed by atoms with E-state index in [1.807, 2.05) is 75.4 Å². The van der Waals surface area contributed by atoms with Gasteiger partial charge in [0.2, 0.25) is 23.6 Å². The van der Waals surface area contributed by atoms with Crippen LogP contribution in [-0.2, 0) is 23.9 Å². The third-order valence-corrected chi connectivity index (χ3v) is 8.49. The molecule has 0 unspecified atom stereocenters. The quantitative estimate of drug-likeness (QED) is 0.146. The van der Waals surface area contributed by atoms with E-state index in [0.717, 1.165) is 29.5 Å². The van der Waals surface area contributed by atoms with Crippen LogP contribution in [0.2, 0.25) is 0 Å². The summed E-state index contributed by atoms with van der Waals surface area (Å²) < 4.78 is -0.669. The molecule has 3 aromatic rings. The topological polar surface area (TPSA) is 116 Å². The number of thioether (sulfide) groups is 1. The highest BCUT2D eigenvalue weighted by Gasteiger charge is 2.38. The van der Waals surface area contributed by atoms with E-state index in [0.29, 0.717) is 6.54 Å². The zero-order valence-electron chi connectivity index (χ0n) is 25.1. The van der Waals surface area contributed by atoms with Gasteiger partial charge in [-0.2, -0.15) is 0 Å². The highest BCUT2D eigenvalue weighted by molar-refractivity contribution is 8.01. The molecular formula is C34H42N4O4S. The second kappa shape index (κ2) is 17.1. The van der Waals surface area contributed by atoms with E-state index in [-0.39, 0.29) is 36.6 Å². The molecule has 43 heavy (non-hydrogen) atoms. The van der Waals surface area contributed by atoms with Gasteiger partial charge < -0.3 is 21.3 Å². The second-order valence-corrected chi connectivity index (χ2v) is 11.7. The maximum absolute atomic E-state index is 13.4. The van der Waals surface area contributed by atoms with Crippen LogP contribution in [0, 0.1) is 5.92 Å². The van der Waals surface area contributed by atoms with Crippen molar-refractivity contribution in [3.8, 4) is 0 Å². The summed E-state index contributed by atoms with van der Waals surface area (Å²) >= 11 is 1.49. The predicted octanol–water partition coefficient (Wildman–Crippen LogP) is 4.00. The molecule has 8 nitrogen and oxygen atoms in total. The first-order valence-corrected chi connectivity index (χ1v) is 15.7. The zero-order valence-corrected chi connectivity index (χ0v) is 25.9. The van der Waals surface area contributed by atoms with Crippen LogP contribution < -0.4 is 21.3 Å². The van der Waals surface area contributed by atoms with Crippen molar-refractivity contribution in [3.63, 3.8) is 0 Å². The molecule has 4 amide bonds. The Morgan fingerprint density at radius 2 is 1.14 bits per heavy atom. The van der Waals surface area contributed by atoms with Crippen LogP contribution in [0.5, 0.6) is 0 Å². The SMILES string of the molecule is CCCCNC(=O)CNC(=O)CNC(=O)[C@@H](NC(=O)CSC(c1ccccc1)(c1ccccc1)c1ccccc1)C(C)C. The standard InChI is InChI=1S/C34H42N4O4S/c1-4-5-21-35-29(39)22-36-30(40)23-37-33(42)32(25(2)3)38-31(41)24-43-34(26-15-9-6-10-16-26,27-17-11-7-12-18-27)28-19-13-8-14-20-28/h6-20,25,32H,4-5,21-24H2,1-3H3,(H,35,39)(H,36,40)(H,37,42)(H,38,41)/t32-/m0/s1. The fourth-order valence-corrected chi connectivity index (χ4v) is 6.02. The van der Waals surface area contributed by atoms with Crippen LogP contribution in [0.15, 0.2) is 91.0 Å². The average Bonchev–Trinajstić information content (AvgIpc) is 3.03. The number of unbranched alkanes of at least 4 members (excludes halogenated alkanes) is 1. The fourth-order valence-electron chi connectivity index (χ4n) is 4.68. The first kappa shape index (κ1) is 33.4. The predicted molar refractivity (Wildman–Crippen MR) is 172 cm³/mol. The lowest BCUT2D eigenvalue weighted by atomic mass is 9.84. The van der Waals surface area contributed by atoms with Gasteiger partial charge in [0, 0.05) is 6.54 Å². The minimum absolute atomic E-state index is 0.0861. The summed E-state index contributed by atoms with van der Waals surface area (Å²) in [5.41, 5.74) is 3.11. The Hall–Kier alpha value is -4.11. The number of hydrogen-bond donors (Lipinski definition) is 4. The Labute approximate surface area is 258 Å². The highest BCUT2D eigenvalue weighted by Crippen LogP contribution is 2.48. The molecule has 9 heteroatoms. The summed E-state index contributed by atoms with van der Waals surface area (Å²) in [5.74, 6) is -1.65. The molecule has 0 saturated carbocycles. The number of hydrogen-bond acceptors (Lipinski definition) is 5. The normalized spacial score (nSPS) is 11.8. The zero-order chi connectivity index (χ0) is 31.1. The Morgan fingerprint density at radius 3 is 1.60 bits per heavy atom. The van der Waals surface area contributed by atoms with Gasteiger partial charge in [-0.1, -0.05) is 118 Å². The van der Waals surface area contributed by atoms with Crippen molar-refractivity contribution in [3.05, 3.63) is 108 Å². The fraction of sp³-hybridized carbons (Fsp3) is 0.353. The van der Waals surface area contributed by atoms with Gasteiger partial charge in [-0.3, -0.25) is 19.2 Å². The largest absolute Gasteiger partial charge is 0.355 e. The van der Waals surface area contributed by atoms with Crippen LogP contribution in [0.25, 0.3) is 0 Å². The molecule has 3 rings (SSSR count). The molecule has 0 aliphatic rings. The van der Waals surface area contributed by atoms with Crippen molar-refractivity contribution in [1.82, 2.24) is 21.3 Å². The lowest BCUT2D eigenvalue weighted by molar-refractivity contribution is -0.131. The van der Waals surface area contributed by atoms with Crippen molar-refractivity contribution in [1.29, 1.82) is 0 Å². The van der Waals surface area contributed by atoms with Crippen molar-refractivity contribution in [2.45, 2.75) is 44.4 Å². The van der Waals surface area contributed by atoms with Crippen LogP contribution in [-0.4, -0.2) is 55.1 Å². The second-order valence-electron chi connectivity index (χ2n) is 10.6. The van der Waals surface area contributed by atoms with Gasteiger partial charge in [0.1, 0.15) is 6.04 Å². The van der Waals surface area contributed by atoms with Gasteiger partial charge >= 0.3 is 0 Å². The summed E-state index contributed by atoms with van der Waals surface area (Å²) in [6, 6.07) is 29.4. The molecule has 0 fully saturated rings. The summed E-state index contributed by atoms with van der Waals surface area (Å²) in [5, 5.41) is 10.7. The van der Waals surface area contributed by atoms with Gasteiger partial charge in [-0.25, -0.2) is 0 Å². The monoisotopic (exact) mass is 602 g/mol. The van der Waals surface area contributed by atoms with Crippen molar-refractivity contribution in [2.75, 3.05) is 25.4 Å². The van der Waals surface area contributed by atoms with Crippen LogP contribution in [0.3, 0.4) is 0 Å². The Morgan fingerprint density at radius 1 is 0.674 bits per heavy atom.